The second kappa shape index (κ2) is 15.6. The van der Waals surface area contributed by atoms with Crippen LogP contribution in [-0.2, 0) is 16.0 Å². The molecule has 1 heterocycles. The van der Waals surface area contributed by atoms with E-state index in [2.05, 4.69) is 0 Å². The highest BCUT2D eigenvalue weighted by molar-refractivity contribution is 5.94. The summed E-state index contributed by atoms with van der Waals surface area (Å²) in [6, 6.07) is 41.7. The van der Waals surface area contributed by atoms with Gasteiger partial charge in [0.2, 0.25) is 0 Å². The van der Waals surface area contributed by atoms with Crippen LogP contribution in [0.15, 0.2) is 152 Å². The van der Waals surface area contributed by atoms with Crippen LogP contribution < -0.4 is 18.9 Å². The number of benzene rings is 6. The van der Waals surface area contributed by atoms with Crippen LogP contribution in [0.4, 0.5) is 0 Å². The first-order chi connectivity index (χ1) is 27.3. The van der Waals surface area contributed by atoms with Gasteiger partial charge < -0.3 is 23.7 Å². The summed E-state index contributed by atoms with van der Waals surface area (Å²) in [4.78, 5) is 66.6. The van der Waals surface area contributed by atoms with E-state index in [1.165, 1.54) is 6.07 Å². The molecule has 1 saturated heterocycles. The van der Waals surface area contributed by atoms with E-state index in [9.17, 15) is 24.0 Å². The molecule has 3 atom stereocenters. The number of hydrogen-bond acceptors (Lipinski definition) is 10. The van der Waals surface area contributed by atoms with E-state index < -0.39 is 35.7 Å². The first-order valence-corrected chi connectivity index (χ1v) is 17.9. The fourth-order valence-corrected chi connectivity index (χ4v) is 7.09. The highest BCUT2D eigenvalue weighted by Gasteiger charge is 2.47. The fourth-order valence-electron chi connectivity index (χ4n) is 7.09. The molecule has 1 aliphatic heterocycles. The Hall–Kier alpha value is -7.33. The minimum Gasteiger partial charge on any atom is -0.465 e. The number of esters is 5. The van der Waals surface area contributed by atoms with Crippen LogP contribution in [0.1, 0.15) is 64.0 Å². The molecule has 0 bridgehead atoms. The minimum atomic E-state index is -0.680. The van der Waals surface area contributed by atoms with Crippen molar-refractivity contribution >= 4 is 29.8 Å². The molecule has 6 aromatic carbocycles. The third kappa shape index (κ3) is 7.40. The van der Waals surface area contributed by atoms with Gasteiger partial charge in [0.15, 0.2) is 23.0 Å². The molecule has 0 radical (unpaired) electrons. The van der Waals surface area contributed by atoms with Crippen molar-refractivity contribution < 1.29 is 47.7 Å². The number of carbonyl (C=O) groups is 5. The summed E-state index contributed by atoms with van der Waals surface area (Å²) in [5.74, 6) is -4.62. The Balaban J connectivity index is 1.23. The van der Waals surface area contributed by atoms with Gasteiger partial charge in [0.1, 0.15) is 0 Å². The van der Waals surface area contributed by atoms with Gasteiger partial charge in [0.25, 0.3) is 0 Å². The second-order valence-corrected chi connectivity index (χ2v) is 13.3. The van der Waals surface area contributed by atoms with Crippen LogP contribution in [0.2, 0.25) is 0 Å². The molecule has 1 fully saturated rings. The van der Waals surface area contributed by atoms with Crippen molar-refractivity contribution in [3.8, 4) is 23.0 Å². The first-order valence-electron chi connectivity index (χ1n) is 17.9. The van der Waals surface area contributed by atoms with E-state index in [4.69, 9.17) is 23.7 Å². The van der Waals surface area contributed by atoms with Gasteiger partial charge in [0, 0.05) is 11.8 Å². The van der Waals surface area contributed by atoms with E-state index in [1.807, 2.05) is 0 Å². The molecule has 56 heavy (non-hydrogen) atoms. The van der Waals surface area contributed by atoms with Crippen molar-refractivity contribution in [3.05, 3.63) is 191 Å². The molecule has 0 unspecified atom stereocenters. The predicted octanol–water partition coefficient (Wildman–Crippen LogP) is 8.04. The Morgan fingerprint density at radius 1 is 0.482 bits per heavy atom. The second-order valence-electron chi connectivity index (χ2n) is 13.3. The van der Waals surface area contributed by atoms with Crippen molar-refractivity contribution in [3.63, 3.8) is 0 Å². The summed E-state index contributed by atoms with van der Waals surface area (Å²) in [7, 11) is 0. The van der Waals surface area contributed by atoms with Crippen LogP contribution >= 0.6 is 0 Å². The van der Waals surface area contributed by atoms with Crippen molar-refractivity contribution in [1.29, 1.82) is 0 Å². The van der Waals surface area contributed by atoms with Gasteiger partial charge in [0.05, 0.1) is 34.8 Å². The zero-order valence-electron chi connectivity index (χ0n) is 29.7. The third-order valence-corrected chi connectivity index (χ3v) is 9.82. The maximum Gasteiger partial charge on any atom is 0.343 e. The lowest BCUT2D eigenvalue weighted by Crippen LogP contribution is -2.31. The van der Waals surface area contributed by atoms with Gasteiger partial charge in [-0.05, 0) is 95.9 Å². The monoisotopic (exact) mass is 744 g/mol. The summed E-state index contributed by atoms with van der Waals surface area (Å²) < 4.78 is 29.1. The van der Waals surface area contributed by atoms with E-state index in [0.717, 1.165) is 0 Å². The quantitative estimate of drug-likeness (QED) is 0.106. The van der Waals surface area contributed by atoms with Gasteiger partial charge in [-0.25, -0.2) is 19.2 Å². The maximum atomic E-state index is 13.4. The van der Waals surface area contributed by atoms with Gasteiger partial charge in [-0.3, -0.25) is 4.79 Å². The van der Waals surface area contributed by atoms with Crippen molar-refractivity contribution in [2.24, 2.45) is 11.8 Å². The molecule has 276 valence electrons. The normalized spacial score (nSPS) is 16.7. The first kappa shape index (κ1) is 35.7. The molecule has 0 amide bonds. The van der Waals surface area contributed by atoms with Gasteiger partial charge >= 0.3 is 29.8 Å². The molecule has 1 aliphatic carbocycles. The Morgan fingerprint density at radius 2 is 0.893 bits per heavy atom. The van der Waals surface area contributed by atoms with E-state index >= 15 is 0 Å². The van der Waals surface area contributed by atoms with E-state index in [0.29, 0.717) is 22.3 Å². The molecule has 10 nitrogen and oxygen atoms in total. The molecule has 0 N–H and O–H groups in total. The summed E-state index contributed by atoms with van der Waals surface area (Å²) in [5, 5.41) is 0. The Labute approximate surface area is 321 Å². The number of carbonyl (C=O) groups excluding carboxylic acids is 5. The SMILES string of the molecule is O=C(Oc1ccc([C@H]2c3cc(OC(=O)c4ccccc4)c(OC(=O)c4ccccc4)cc3C[C@@H]3C(=O)OC[C@H]23)cc1OC(=O)c1ccccc1)c1ccccc1. The van der Waals surface area contributed by atoms with Crippen LogP contribution in [0.25, 0.3) is 0 Å². The van der Waals surface area contributed by atoms with Gasteiger partial charge in [-0.1, -0.05) is 78.9 Å². The molecule has 0 saturated carbocycles. The van der Waals surface area contributed by atoms with E-state index in [1.54, 1.807) is 146 Å². The highest BCUT2D eigenvalue weighted by Crippen LogP contribution is 2.51. The summed E-state index contributed by atoms with van der Waals surface area (Å²) in [6.07, 6.45) is 0.265. The summed E-state index contributed by atoms with van der Waals surface area (Å²) >= 11 is 0. The van der Waals surface area contributed by atoms with Crippen molar-refractivity contribution in [2.75, 3.05) is 6.61 Å². The average Bonchev–Trinajstić information content (AvgIpc) is 3.61. The fraction of sp³-hybridized carbons (Fsp3) is 0.109. The summed E-state index contributed by atoms with van der Waals surface area (Å²) in [6.45, 7) is 0.0986. The smallest absolute Gasteiger partial charge is 0.343 e. The summed E-state index contributed by atoms with van der Waals surface area (Å²) in [5.41, 5.74) is 3.07. The topological polar surface area (TPSA) is 132 Å². The Morgan fingerprint density at radius 3 is 1.36 bits per heavy atom. The van der Waals surface area contributed by atoms with Gasteiger partial charge in [-0.2, -0.15) is 0 Å². The molecule has 8 rings (SSSR count). The lowest BCUT2D eigenvalue weighted by molar-refractivity contribution is -0.141. The molecule has 0 spiro atoms. The van der Waals surface area contributed by atoms with Crippen molar-refractivity contribution in [2.45, 2.75) is 12.3 Å². The van der Waals surface area contributed by atoms with E-state index in [-0.39, 0.29) is 64.6 Å². The van der Waals surface area contributed by atoms with Gasteiger partial charge in [-0.15, -0.1) is 0 Å². The molecule has 6 aromatic rings. The highest BCUT2D eigenvalue weighted by atomic mass is 16.6. The lowest BCUT2D eigenvalue weighted by Gasteiger charge is -2.34. The largest absolute Gasteiger partial charge is 0.465 e. The number of rotatable bonds is 9. The molecular formula is C46H32O10. The molecular weight excluding hydrogens is 712 g/mol. The predicted molar refractivity (Wildman–Crippen MR) is 202 cm³/mol. The third-order valence-electron chi connectivity index (χ3n) is 9.82. The zero-order chi connectivity index (χ0) is 38.6. The average molecular weight is 745 g/mol. The standard InChI is InChI=1S/C46H32O10/c47-42(28-13-5-1-6-14-28)53-37-22-21-32(24-38(37)54-43(48)29-15-7-2-8-16-29)41-34-26-40(56-45(50)31-19-11-4-12-20-31)39(55-44(49)30-17-9-3-10-18-30)25-33(34)23-35-36(41)27-52-46(35)51/h1-22,24-26,35-36,41H,23,27H2/t35-,36-,41-/m0/s1. The van der Waals surface area contributed by atoms with Crippen LogP contribution in [0.3, 0.4) is 0 Å². The molecule has 10 heteroatoms. The van der Waals surface area contributed by atoms with Crippen LogP contribution in [-0.4, -0.2) is 36.5 Å². The number of ether oxygens (including phenoxy) is 5. The number of fused-ring (bicyclic) bond motifs is 2. The minimum absolute atomic E-state index is 0.00105. The van der Waals surface area contributed by atoms with Crippen molar-refractivity contribution in [1.82, 2.24) is 0 Å². The molecule has 0 aromatic heterocycles. The Bertz CT molecular complexity index is 2450. The Kier molecular flexibility index (Phi) is 9.92. The number of cyclic esters (lactones) is 1. The van der Waals surface area contributed by atoms with Crippen LogP contribution in [0, 0.1) is 11.8 Å². The lowest BCUT2D eigenvalue weighted by atomic mass is 9.67. The molecule has 2 aliphatic rings. The van der Waals surface area contributed by atoms with Crippen LogP contribution in [0.5, 0.6) is 23.0 Å². The number of hydrogen-bond donors (Lipinski definition) is 0. The zero-order valence-corrected chi connectivity index (χ0v) is 29.7. The maximum absolute atomic E-state index is 13.4.